The van der Waals surface area contributed by atoms with Crippen LogP contribution in [-0.2, 0) is 0 Å². The number of rotatable bonds is 3. The van der Waals surface area contributed by atoms with Crippen molar-refractivity contribution < 1.29 is 0 Å². The highest BCUT2D eigenvalue weighted by atomic mass is 32.2. The molecule has 3 heteroatoms. The van der Waals surface area contributed by atoms with Gasteiger partial charge in [0.15, 0.2) is 0 Å². The van der Waals surface area contributed by atoms with E-state index in [1.807, 2.05) is 11.8 Å². The quantitative estimate of drug-likeness (QED) is 0.890. The molecule has 1 saturated carbocycles. The highest BCUT2D eigenvalue weighted by Crippen LogP contribution is 2.33. The minimum absolute atomic E-state index is 0.537. The van der Waals surface area contributed by atoms with Crippen LogP contribution in [0.2, 0.25) is 0 Å². The van der Waals surface area contributed by atoms with Crippen LogP contribution in [0.1, 0.15) is 63.0 Å². The van der Waals surface area contributed by atoms with Crippen molar-refractivity contribution in [3.63, 3.8) is 0 Å². The molecule has 0 aromatic carbocycles. The average Bonchev–Trinajstić information content (AvgIpc) is 2.50. The predicted octanol–water partition coefficient (Wildman–Crippen LogP) is 4.32. The van der Waals surface area contributed by atoms with E-state index in [4.69, 9.17) is 0 Å². The second-order valence-corrected chi connectivity index (χ2v) is 7.13. The second-order valence-electron chi connectivity index (χ2n) is 5.81. The van der Waals surface area contributed by atoms with E-state index in [9.17, 15) is 0 Å². The van der Waals surface area contributed by atoms with Gasteiger partial charge in [0.1, 0.15) is 0 Å². The maximum absolute atomic E-state index is 4.67. The molecule has 2 nitrogen and oxygen atoms in total. The number of nitrogens with one attached hydrogen (secondary N) is 1. The van der Waals surface area contributed by atoms with Gasteiger partial charge in [-0.15, -0.1) is 11.8 Å². The van der Waals surface area contributed by atoms with E-state index >= 15 is 0 Å². The number of pyridine rings is 1. The van der Waals surface area contributed by atoms with Crippen molar-refractivity contribution in [2.24, 2.45) is 0 Å². The summed E-state index contributed by atoms with van der Waals surface area (Å²) in [6, 6.07) is 5.04. The first-order valence-electron chi connectivity index (χ1n) is 7.78. The molecule has 2 heterocycles. The van der Waals surface area contributed by atoms with Crippen LogP contribution in [0.4, 0.5) is 0 Å². The van der Waals surface area contributed by atoms with Crippen LogP contribution in [0.3, 0.4) is 0 Å². The number of nitrogens with zero attached hydrogens (tertiary/aromatic N) is 1. The van der Waals surface area contributed by atoms with Crippen molar-refractivity contribution in [1.29, 1.82) is 0 Å². The maximum atomic E-state index is 4.67. The van der Waals surface area contributed by atoms with Gasteiger partial charge in [-0.05, 0) is 43.9 Å². The molecule has 0 bridgehead atoms. The lowest BCUT2D eigenvalue weighted by Crippen LogP contribution is -2.26. The summed E-state index contributed by atoms with van der Waals surface area (Å²) >= 11 is 1.99. The summed E-state index contributed by atoms with van der Waals surface area (Å²) < 4.78 is 0. The number of thioether (sulfide) groups is 1. The topological polar surface area (TPSA) is 24.9 Å². The molecule has 1 aromatic rings. The molecule has 1 aromatic heterocycles. The number of hydrogen-bond acceptors (Lipinski definition) is 3. The molecular formula is C16H24N2S. The fourth-order valence-corrected chi connectivity index (χ4v) is 4.33. The van der Waals surface area contributed by atoms with Crippen LogP contribution in [0.25, 0.3) is 0 Å². The van der Waals surface area contributed by atoms with Crippen LogP contribution < -0.4 is 5.32 Å². The van der Waals surface area contributed by atoms with Gasteiger partial charge in [0.2, 0.25) is 0 Å². The van der Waals surface area contributed by atoms with E-state index in [0.29, 0.717) is 6.04 Å². The van der Waals surface area contributed by atoms with Crippen LogP contribution in [0.5, 0.6) is 0 Å². The summed E-state index contributed by atoms with van der Waals surface area (Å²) in [6.45, 7) is 1.16. The Morgan fingerprint density at radius 3 is 2.53 bits per heavy atom. The summed E-state index contributed by atoms with van der Waals surface area (Å²) in [5, 5.41) is 5.61. The summed E-state index contributed by atoms with van der Waals surface area (Å²) in [7, 11) is 0. The first-order chi connectivity index (χ1) is 9.42. The average molecular weight is 276 g/mol. The Bertz CT molecular complexity index is 378. The zero-order valence-corrected chi connectivity index (χ0v) is 12.4. The van der Waals surface area contributed by atoms with Gasteiger partial charge in [0, 0.05) is 17.5 Å². The predicted molar refractivity (Wildman–Crippen MR) is 81.6 cm³/mol. The number of piperidine rings is 1. The van der Waals surface area contributed by atoms with E-state index in [-0.39, 0.29) is 0 Å². The SMILES string of the molecule is c1cc(SC2CCCCC2)ncc1C1CCCCN1. The van der Waals surface area contributed by atoms with Crippen LogP contribution in [0, 0.1) is 0 Å². The van der Waals surface area contributed by atoms with Gasteiger partial charge in [-0.2, -0.15) is 0 Å². The highest BCUT2D eigenvalue weighted by Gasteiger charge is 2.17. The number of aromatic nitrogens is 1. The molecule has 19 heavy (non-hydrogen) atoms. The molecule has 2 fully saturated rings. The molecule has 1 saturated heterocycles. The fraction of sp³-hybridized carbons (Fsp3) is 0.688. The minimum atomic E-state index is 0.537. The van der Waals surface area contributed by atoms with Crippen molar-refractivity contribution in [2.45, 2.75) is 67.7 Å². The van der Waals surface area contributed by atoms with E-state index in [1.54, 1.807) is 0 Å². The Balaban J connectivity index is 1.58. The van der Waals surface area contributed by atoms with Crippen LogP contribution in [0.15, 0.2) is 23.4 Å². The molecule has 104 valence electrons. The molecule has 1 aliphatic carbocycles. The molecule has 3 rings (SSSR count). The van der Waals surface area contributed by atoms with Crippen molar-refractivity contribution in [2.75, 3.05) is 6.54 Å². The minimum Gasteiger partial charge on any atom is -0.310 e. The summed E-state index contributed by atoms with van der Waals surface area (Å²) in [5.41, 5.74) is 1.37. The molecule has 2 aliphatic rings. The van der Waals surface area contributed by atoms with Gasteiger partial charge in [-0.25, -0.2) is 4.98 Å². The van der Waals surface area contributed by atoms with Crippen LogP contribution >= 0.6 is 11.8 Å². The summed E-state index contributed by atoms with van der Waals surface area (Å²) in [4.78, 5) is 4.67. The second kappa shape index (κ2) is 6.76. The maximum Gasteiger partial charge on any atom is 0.0962 e. The van der Waals surface area contributed by atoms with Crippen molar-refractivity contribution >= 4 is 11.8 Å². The highest BCUT2D eigenvalue weighted by molar-refractivity contribution is 7.99. The smallest absolute Gasteiger partial charge is 0.0962 e. The van der Waals surface area contributed by atoms with Crippen molar-refractivity contribution in [3.05, 3.63) is 23.9 Å². The first-order valence-corrected chi connectivity index (χ1v) is 8.66. The van der Waals surface area contributed by atoms with Crippen molar-refractivity contribution in [1.82, 2.24) is 10.3 Å². The molecule has 1 atom stereocenters. The molecule has 1 aliphatic heterocycles. The summed E-state index contributed by atoms with van der Waals surface area (Å²) in [6.07, 6.45) is 13.0. The Labute approximate surface area is 120 Å². The Morgan fingerprint density at radius 2 is 1.84 bits per heavy atom. The molecule has 0 amide bonds. The third-order valence-electron chi connectivity index (χ3n) is 4.31. The van der Waals surface area contributed by atoms with Gasteiger partial charge in [0.25, 0.3) is 0 Å². The Morgan fingerprint density at radius 1 is 1.00 bits per heavy atom. The molecule has 0 spiro atoms. The van der Waals surface area contributed by atoms with E-state index in [2.05, 4.69) is 28.6 Å². The largest absolute Gasteiger partial charge is 0.310 e. The Hall–Kier alpha value is -0.540. The zero-order valence-electron chi connectivity index (χ0n) is 11.6. The third-order valence-corrected chi connectivity index (χ3v) is 5.60. The van der Waals surface area contributed by atoms with Gasteiger partial charge < -0.3 is 5.32 Å². The number of hydrogen-bond donors (Lipinski definition) is 1. The van der Waals surface area contributed by atoms with Gasteiger partial charge in [-0.3, -0.25) is 0 Å². The lowest BCUT2D eigenvalue weighted by atomic mass is 9.99. The molecule has 1 N–H and O–H groups in total. The molecular weight excluding hydrogens is 252 g/mol. The van der Waals surface area contributed by atoms with E-state index in [1.165, 1.54) is 62.0 Å². The summed E-state index contributed by atoms with van der Waals surface area (Å²) in [5.74, 6) is 0. The third kappa shape index (κ3) is 3.73. The van der Waals surface area contributed by atoms with Gasteiger partial charge >= 0.3 is 0 Å². The lowest BCUT2D eigenvalue weighted by Gasteiger charge is -2.24. The normalized spacial score (nSPS) is 25.4. The monoisotopic (exact) mass is 276 g/mol. The standard InChI is InChI=1S/C16H24N2S/c1-2-6-14(7-3-1)19-16-10-9-13(12-18-16)15-8-4-5-11-17-15/h9-10,12,14-15,17H,1-8,11H2. The fourth-order valence-electron chi connectivity index (χ4n) is 3.16. The van der Waals surface area contributed by atoms with Crippen LogP contribution in [-0.4, -0.2) is 16.8 Å². The Kier molecular flexibility index (Phi) is 4.78. The van der Waals surface area contributed by atoms with E-state index in [0.717, 1.165) is 11.8 Å². The van der Waals surface area contributed by atoms with E-state index < -0.39 is 0 Å². The zero-order chi connectivity index (χ0) is 12.9. The molecule has 1 unspecified atom stereocenters. The van der Waals surface area contributed by atoms with Crippen molar-refractivity contribution in [3.8, 4) is 0 Å². The molecule has 0 radical (unpaired) electrons. The van der Waals surface area contributed by atoms with Gasteiger partial charge in [-0.1, -0.05) is 31.7 Å². The lowest BCUT2D eigenvalue weighted by molar-refractivity contribution is 0.411. The van der Waals surface area contributed by atoms with Gasteiger partial charge in [0.05, 0.1) is 5.03 Å². The first kappa shape index (κ1) is 13.4.